The molecule has 1 amide bonds. The number of hydrogen-bond acceptors (Lipinski definition) is 3. The molecule has 1 rings (SSSR count). The highest BCUT2D eigenvalue weighted by atomic mass is 16.2. The molecule has 0 spiro atoms. The van der Waals surface area contributed by atoms with Crippen LogP contribution >= 0.6 is 0 Å². The van der Waals surface area contributed by atoms with Crippen molar-refractivity contribution in [3.8, 4) is 0 Å². The van der Waals surface area contributed by atoms with E-state index in [0.717, 1.165) is 11.3 Å². The topological polar surface area (TPSA) is 49.6 Å². The normalized spacial score (nSPS) is 10.1. The minimum Gasteiger partial charge on any atom is -0.397 e. The minimum absolute atomic E-state index is 0.0116. The van der Waals surface area contributed by atoms with Gasteiger partial charge in [-0.05, 0) is 32.0 Å². The third kappa shape index (κ3) is 3.74. The first kappa shape index (κ1) is 15.1. The van der Waals surface area contributed by atoms with Crippen molar-refractivity contribution in [1.82, 2.24) is 4.90 Å². The van der Waals surface area contributed by atoms with E-state index in [2.05, 4.69) is 6.58 Å². The zero-order valence-electron chi connectivity index (χ0n) is 12.2. The zero-order chi connectivity index (χ0) is 14.6. The summed E-state index contributed by atoms with van der Waals surface area (Å²) in [6.07, 6.45) is 0. The maximum atomic E-state index is 12.4. The van der Waals surface area contributed by atoms with E-state index in [4.69, 9.17) is 5.73 Å². The molecule has 19 heavy (non-hydrogen) atoms. The van der Waals surface area contributed by atoms with Crippen molar-refractivity contribution in [3.05, 3.63) is 35.9 Å². The summed E-state index contributed by atoms with van der Waals surface area (Å²) in [5.41, 5.74) is 9.09. The lowest BCUT2D eigenvalue weighted by Gasteiger charge is -2.22. The Bertz CT molecular complexity index is 480. The van der Waals surface area contributed by atoms with E-state index in [1.165, 1.54) is 0 Å². The number of benzene rings is 1. The fourth-order valence-corrected chi connectivity index (χ4v) is 1.93. The van der Waals surface area contributed by atoms with Gasteiger partial charge in [0.2, 0.25) is 0 Å². The number of likely N-dealkylation sites (N-methyl/N-ethyl adjacent to an activating group) is 1. The van der Waals surface area contributed by atoms with Crippen LogP contribution in [0, 0.1) is 0 Å². The number of nitrogen functional groups attached to an aromatic ring is 1. The monoisotopic (exact) mass is 261 g/mol. The van der Waals surface area contributed by atoms with Crippen LogP contribution < -0.4 is 10.6 Å². The van der Waals surface area contributed by atoms with E-state index >= 15 is 0 Å². The summed E-state index contributed by atoms with van der Waals surface area (Å²) < 4.78 is 0. The third-order valence-corrected chi connectivity index (χ3v) is 2.89. The van der Waals surface area contributed by atoms with Crippen molar-refractivity contribution in [1.29, 1.82) is 0 Å². The standard InChI is InChI=1S/C15H23N3O/c1-6-18(10-11(2)3)15(19)12-7-8-14(17(4)5)13(16)9-12/h7-9H,2,6,10,16H2,1,3-5H3. The van der Waals surface area contributed by atoms with Gasteiger partial charge in [-0.1, -0.05) is 12.2 Å². The van der Waals surface area contributed by atoms with E-state index in [1.54, 1.807) is 11.0 Å². The molecule has 0 aliphatic carbocycles. The first-order valence-electron chi connectivity index (χ1n) is 6.37. The smallest absolute Gasteiger partial charge is 0.254 e. The molecule has 0 fully saturated rings. The van der Waals surface area contributed by atoms with Gasteiger partial charge in [0.15, 0.2) is 0 Å². The Balaban J connectivity index is 2.99. The Labute approximate surface area is 115 Å². The number of carbonyl (C=O) groups excluding carboxylic acids is 1. The molecule has 0 heterocycles. The van der Waals surface area contributed by atoms with Crippen molar-refractivity contribution in [2.24, 2.45) is 0 Å². The Kier molecular flexibility index (Phi) is 4.98. The van der Waals surface area contributed by atoms with Crippen molar-refractivity contribution >= 4 is 17.3 Å². The molecule has 2 N–H and O–H groups in total. The molecule has 104 valence electrons. The van der Waals surface area contributed by atoms with Gasteiger partial charge in [-0.2, -0.15) is 0 Å². The van der Waals surface area contributed by atoms with Gasteiger partial charge in [-0.3, -0.25) is 4.79 Å². The summed E-state index contributed by atoms with van der Waals surface area (Å²) in [5.74, 6) is -0.0116. The second-order valence-corrected chi connectivity index (χ2v) is 4.94. The predicted octanol–water partition coefficient (Wildman–Crippen LogP) is 2.37. The molecule has 0 aromatic heterocycles. The van der Waals surface area contributed by atoms with Crippen LogP contribution in [0.15, 0.2) is 30.4 Å². The number of rotatable bonds is 5. The van der Waals surface area contributed by atoms with Gasteiger partial charge in [0.25, 0.3) is 5.91 Å². The highest BCUT2D eigenvalue weighted by molar-refractivity contribution is 5.96. The summed E-state index contributed by atoms with van der Waals surface area (Å²) >= 11 is 0. The lowest BCUT2D eigenvalue weighted by molar-refractivity contribution is 0.0778. The predicted molar refractivity (Wildman–Crippen MR) is 81.6 cm³/mol. The molecule has 0 aliphatic rings. The Hall–Kier alpha value is -1.97. The lowest BCUT2D eigenvalue weighted by atomic mass is 10.1. The summed E-state index contributed by atoms with van der Waals surface area (Å²) in [6.45, 7) is 8.95. The maximum Gasteiger partial charge on any atom is 0.254 e. The molecular weight excluding hydrogens is 238 g/mol. The van der Waals surface area contributed by atoms with E-state index in [9.17, 15) is 4.79 Å². The summed E-state index contributed by atoms with van der Waals surface area (Å²) in [4.78, 5) is 16.0. The summed E-state index contributed by atoms with van der Waals surface area (Å²) in [5, 5.41) is 0. The number of carbonyl (C=O) groups is 1. The Morgan fingerprint density at radius 1 is 1.37 bits per heavy atom. The van der Waals surface area contributed by atoms with E-state index in [1.807, 2.05) is 45.0 Å². The molecule has 0 radical (unpaired) electrons. The number of hydrogen-bond donors (Lipinski definition) is 1. The van der Waals surface area contributed by atoms with Gasteiger partial charge in [-0.25, -0.2) is 0 Å². The van der Waals surface area contributed by atoms with Gasteiger partial charge < -0.3 is 15.5 Å². The van der Waals surface area contributed by atoms with E-state index in [-0.39, 0.29) is 5.91 Å². The second kappa shape index (κ2) is 6.27. The number of anilines is 2. The molecule has 0 saturated heterocycles. The Morgan fingerprint density at radius 2 is 2.00 bits per heavy atom. The Morgan fingerprint density at radius 3 is 2.42 bits per heavy atom. The molecule has 0 unspecified atom stereocenters. The highest BCUT2D eigenvalue weighted by Crippen LogP contribution is 2.23. The van der Waals surface area contributed by atoms with Gasteiger partial charge in [0.05, 0.1) is 11.4 Å². The molecule has 4 nitrogen and oxygen atoms in total. The van der Waals surface area contributed by atoms with Crippen LogP contribution in [0.4, 0.5) is 11.4 Å². The van der Waals surface area contributed by atoms with Crippen LogP contribution in [0.2, 0.25) is 0 Å². The van der Waals surface area contributed by atoms with Crippen LogP contribution in [0.3, 0.4) is 0 Å². The van der Waals surface area contributed by atoms with Crippen molar-refractivity contribution in [2.45, 2.75) is 13.8 Å². The van der Waals surface area contributed by atoms with Gasteiger partial charge in [0.1, 0.15) is 0 Å². The van der Waals surface area contributed by atoms with Crippen LogP contribution in [0.1, 0.15) is 24.2 Å². The SMILES string of the molecule is C=C(C)CN(CC)C(=O)c1ccc(N(C)C)c(N)c1. The average Bonchev–Trinajstić information content (AvgIpc) is 2.34. The van der Waals surface area contributed by atoms with Gasteiger partial charge >= 0.3 is 0 Å². The molecule has 1 aromatic rings. The molecule has 1 aromatic carbocycles. The van der Waals surface area contributed by atoms with Crippen molar-refractivity contribution in [2.75, 3.05) is 37.8 Å². The first-order valence-corrected chi connectivity index (χ1v) is 6.37. The fourth-order valence-electron chi connectivity index (χ4n) is 1.93. The van der Waals surface area contributed by atoms with Gasteiger partial charge in [-0.15, -0.1) is 0 Å². The van der Waals surface area contributed by atoms with Crippen LogP contribution in [-0.4, -0.2) is 38.0 Å². The maximum absolute atomic E-state index is 12.4. The summed E-state index contributed by atoms with van der Waals surface area (Å²) in [7, 11) is 3.85. The fraction of sp³-hybridized carbons (Fsp3) is 0.400. The third-order valence-electron chi connectivity index (χ3n) is 2.89. The van der Waals surface area contributed by atoms with Crippen molar-refractivity contribution < 1.29 is 4.79 Å². The van der Waals surface area contributed by atoms with Crippen LogP contribution in [0.5, 0.6) is 0 Å². The van der Waals surface area contributed by atoms with Crippen LogP contribution in [0.25, 0.3) is 0 Å². The largest absolute Gasteiger partial charge is 0.397 e. The average molecular weight is 261 g/mol. The number of amides is 1. The van der Waals surface area contributed by atoms with Crippen LogP contribution in [-0.2, 0) is 0 Å². The number of nitrogens with two attached hydrogens (primary N) is 1. The minimum atomic E-state index is -0.0116. The second-order valence-electron chi connectivity index (χ2n) is 4.94. The van der Waals surface area contributed by atoms with Gasteiger partial charge in [0, 0.05) is 32.7 Å². The first-order chi connectivity index (χ1) is 8.86. The molecule has 4 heteroatoms. The van der Waals surface area contributed by atoms with E-state index in [0.29, 0.717) is 24.3 Å². The molecule has 0 atom stereocenters. The highest BCUT2D eigenvalue weighted by Gasteiger charge is 2.15. The quantitative estimate of drug-likeness (QED) is 0.654. The summed E-state index contributed by atoms with van der Waals surface area (Å²) in [6, 6.07) is 5.42. The lowest BCUT2D eigenvalue weighted by Crippen LogP contribution is -2.32. The molecular formula is C15H23N3O. The van der Waals surface area contributed by atoms with Crippen molar-refractivity contribution in [3.63, 3.8) is 0 Å². The number of nitrogens with zero attached hydrogens (tertiary/aromatic N) is 2. The molecule has 0 saturated carbocycles. The molecule has 0 aliphatic heterocycles. The molecule has 0 bridgehead atoms. The zero-order valence-corrected chi connectivity index (χ0v) is 12.2. The van der Waals surface area contributed by atoms with E-state index < -0.39 is 0 Å².